The van der Waals surface area contributed by atoms with E-state index in [2.05, 4.69) is 20.8 Å². The van der Waals surface area contributed by atoms with Gasteiger partial charge in [-0.25, -0.2) is 0 Å². The fraction of sp³-hybridized carbons (Fsp3) is 0.500. The highest BCUT2D eigenvalue weighted by Gasteiger charge is 2.16. The van der Waals surface area contributed by atoms with Gasteiger partial charge in [-0.2, -0.15) is 4.68 Å². The van der Waals surface area contributed by atoms with Gasteiger partial charge in [0.15, 0.2) is 0 Å². The maximum atomic E-state index is 12.0. The summed E-state index contributed by atoms with van der Waals surface area (Å²) in [4.78, 5) is 13.9. The summed E-state index contributed by atoms with van der Waals surface area (Å²) in [7, 11) is 0. The first kappa shape index (κ1) is 15.5. The van der Waals surface area contributed by atoms with Crippen molar-refractivity contribution >= 4 is 11.9 Å². The van der Waals surface area contributed by atoms with Gasteiger partial charge >= 0.3 is 0 Å². The summed E-state index contributed by atoms with van der Waals surface area (Å²) in [6.45, 7) is 4.21. The number of tetrazole rings is 1. The molecule has 2 aromatic rings. The number of aromatic nitrogens is 4. The number of benzene rings is 1. The zero-order valence-corrected chi connectivity index (χ0v) is 13.4. The van der Waals surface area contributed by atoms with E-state index in [-0.39, 0.29) is 5.91 Å². The summed E-state index contributed by atoms with van der Waals surface area (Å²) in [6.07, 6.45) is 3.91. The molecule has 7 nitrogen and oxygen atoms in total. The summed E-state index contributed by atoms with van der Waals surface area (Å²) in [5.41, 5.74) is 2.10. The fourth-order valence-electron chi connectivity index (χ4n) is 2.73. The number of rotatable bonds is 5. The van der Waals surface area contributed by atoms with Crippen LogP contribution in [0.4, 0.5) is 5.95 Å². The highest BCUT2D eigenvalue weighted by atomic mass is 16.2. The predicted octanol–water partition coefficient (Wildman–Crippen LogP) is 1.79. The summed E-state index contributed by atoms with van der Waals surface area (Å²) in [5.74, 6) is 0.846. The Morgan fingerprint density at radius 2 is 2.00 bits per heavy atom. The lowest BCUT2D eigenvalue weighted by Gasteiger charge is -2.20. The molecule has 1 N–H and O–H groups in total. The van der Waals surface area contributed by atoms with Crippen molar-refractivity contribution in [2.24, 2.45) is 0 Å². The van der Waals surface area contributed by atoms with Crippen LogP contribution < -0.4 is 5.32 Å². The van der Waals surface area contributed by atoms with E-state index >= 15 is 0 Å². The molecule has 1 saturated heterocycles. The topological polar surface area (TPSA) is 75.9 Å². The van der Waals surface area contributed by atoms with E-state index in [1.807, 2.05) is 36.1 Å². The van der Waals surface area contributed by atoms with Crippen molar-refractivity contribution in [2.75, 3.05) is 25.0 Å². The van der Waals surface area contributed by atoms with Crippen molar-refractivity contribution in [1.29, 1.82) is 0 Å². The van der Waals surface area contributed by atoms with Gasteiger partial charge in [0.2, 0.25) is 11.9 Å². The van der Waals surface area contributed by atoms with Crippen molar-refractivity contribution in [2.45, 2.75) is 32.6 Å². The number of carbonyl (C=O) groups is 1. The van der Waals surface area contributed by atoms with Crippen LogP contribution in [0.3, 0.4) is 0 Å². The van der Waals surface area contributed by atoms with Crippen molar-refractivity contribution in [3.05, 3.63) is 29.8 Å². The quantitative estimate of drug-likeness (QED) is 0.910. The molecule has 1 aromatic heterocycles. The van der Waals surface area contributed by atoms with Crippen LogP contribution >= 0.6 is 0 Å². The number of anilines is 1. The average Bonchev–Trinajstić information content (AvgIpc) is 2.92. The second kappa shape index (κ2) is 7.21. The molecule has 0 bridgehead atoms. The van der Waals surface area contributed by atoms with Crippen LogP contribution in [0, 0.1) is 6.92 Å². The number of carbonyl (C=O) groups excluding carboxylic acids is 1. The molecular weight excluding hydrogens is 292 g/mol. The molecule has 0 saturated carbocycles. The summed E-state index contributed by atoms with van der Waals surface area (Å²) in [6, 6.07) is 8.01. The molecule has 1 fully saturated rings. The fourth-order valence-corrected chi connectivity index (χ4v) is 2.73. The number of likely N-dealkylation sites (tertiary alicyclic amines) is 1. The van der Waals surface area contributed by atoms with Crippen LogP contribution in [0.15, 0.2) is 24.3 Å². The SMILES string of the molecule is Cc1ccc(-n2nnnc2NCCN2CCCCCC2=O)cc1. The highest BCUT2D eigenvalue weighted by Crippen LogP contribution is 2.13. The Morgan fingerprint density at radius 1 is 1.17 bits per heavy atom. The molecule has 0 aliphatic carbocycles. The van der Waals surface area contributed by atoms with Crippen molar-refractivity contribution in [3.8, 4) is 5.69 Å². The lowest BCUT2D eigenvalue weighted by Crippen LogP contribution is -2.34. The third-order valence-electron chi connectivity index (χ3n) is 4.08. The van der Waals surface area contributed by atoms with E-state index in [0.717, 1.165) is 31.5 Å². The summed E-state index contributed by atoms with van der Waals surface area (Å²) in [5, 5.41) is 15.0. The van der Waals surface area contributed by atoms with Gasteiger partial charge in [-0.15, -0.1) is 0 Å². The molecule has 1 aromatic carbocycles. The molecule has 3 rings (SSSR count). The number of nitrogens with zero attached hydrogens (tertiary/aromatic N) is 5. The number of nitrogens with one attached hydrogen (secondary N) is 1. The van der Waals surface area contributed by atoms with Gasteiger partial charge in [0, 0.05) is 26.1 Å². The largest absolute Gasteiger partial charge is 0.351 e. The van der Waals surface area contributed by atoms with Crippen molar-refractivity contribution < 1.29 is 4.79 Å². The standard InChI is InChI=1S/C16H22N6O/c1-13-6-8-14(9-7-13)22-16(18-19-20-22)17-10-12-21-11-4-2-3-5-15(21)23/h6-9H,2-5,10-12H2,1H3,(H,17,18,20). The van der Waals surface area contributed by atoms with E-state index in [9.17, 15) is 4.79 Å². The lowest BCUT2D eigenvalue weighted by molar-refractivity contribution is -0.130. The third-order valence-corrected chi connectivity index (χ3v) is 4.08. The molecular formula is C16H22N6O. The molecule has 0 atom stereocenters. The first-order valence-corrected chi connectivity index (χ1v) is 8.11. The minimum absolute atomic E-state index is 0.252. The van der Waals surface area contributed by atoms with Gasteiger partial charge in [0.05, 0.1) is 5.69 Å². The van der Waals surface area contributed by atoms with Gasteiger partial charge in [-0.1, -0.05) is 29.2 Å². The molecule has 0 spiro atoms. The Labute approximate surface area is 135 Å². The Kier molecular flexibility index (Phi) is 4.85. The second-order valence-corrected chi connectivity index (χ2v) is 5.87. The van der Waals surface area contributed by atoms with Crippen LogP contribution in [0.25, 0.3) is 5.69 Å². The maximum Gasteiger partial charge on any atom is 0.247 e. The average molecular weight is 314 g/mol. The van der Waals surface area contributed by atoms with Gasteiger partial charge < -0.3 is 10.2 Å². The van der Waals surface area contributed by atoms with E-state index in [1.54, 1.807) is 4.68 Å². The van der Waals surface area contributed by atoms with E-state index in [1.165, 1.54) is 5.56 Å². The molecule has 7 heteroatoms. The molecule has 0 radical (unpaired) electrons. The monoisotopic (exact) mass is 314 g/mol. The summed E-state index contributed by atoms with van der Waals surface area (Å²) >= 11 is 0. The van der Waals surface area contributed by atoms with Crippen molar-refractivity contribution in [3.63, 3.8) is 0 Å². The third kappa shape index (κ3) is 3.85. The molecule has 1 aliphatic heterocycles. The van der Waals surface area contributed by atoms with Crippen molar-refractivity contribution in [1.82, 2.24) is 25.1 Å². The Morgan fingerprint density at radius 3 is 2.83 bits per heavy atom. The Bertz CT molecular complexity index is 651. The number of hydrogen-bond acceptors (Lipinski definition) is 5. The first-order chi connectivity index (χ1) is 11.2. The number of hydrogen-bond donors (Lipinski definition) is 1. The van der Waals surface area contributed by atoms with Gasteiger partial charge in [0.25, 0.3) is 0 Å². The lowest BCUT2D eigenvalue weighted by atomic mass is 10.2. The minimum atomic E-state index is 0.252. The van der Waals surface area contributed by atoms with Gasteiger partial charge in [0.1, 0.15) is 0 Å². The molecule has 0 unspecified atom stereocenters. The Balaban J connectivity index is 1.60. The normalized spacial score (nSPS) is 15.5. The zero-order chi connectivity index (χ0) is 16.1. The van der Waals surface area contributed by atoms with E-state index in [0.29, 0.717) is 25.5 Å². The summed E-state index contributed by atoms with van der Waals surface area (Å²) < 4.78 is 1.67. The smallest absolute Gasteiger partial charge is 0.247 e. The second-order valence-electron chi connectivity index (χ2n) is 5.87. The van der Waals surface area contributed by atoms with E-state index in [4.69, 9.17) is 0 Å². The molecule has 1 aliphatic rings. The van der Waals surface area contributed by atoms with Crippen LogP contribution in [0.1, 0.15) is 31.2 Å². The number of aryl methyl sites for hydroxylation is 1. The molecule has 1 amide bonds. The van der Waals surface area contributed by atoms with Gasteiger partial charge in [-0.3, -0.25) is 4.79 Å². The Hall–Kier alpha value is -2.44. The molecule has 23 heavy (non-hydrogen) atoms. The van der Waals surface area contributed by atoms with Crippen LogP contribution in [-0.2, 0) is 4.79 Å². The maximum absolute atomic E-state index is 12.0. The first-order valence-electron chi connectivity index (χ1n) is 8.11. The van der Waals surface area contributed by atoms with Gasteiger partial charge in [-0.05, 0) is 42.3 Å². The molecule has 2 heterocycles. The highest BCUT2D eigenvalue weighted by molar-refractivity contribution is 5.76. The number of amides is 1. The predicted molar refractivity (Wildman–Crippen MR) is 87.4 cm³/mol. The van der Waals surface area contributed by atoms with E-state index < -0.39 is 0 Å². The minimum Gasteiger partial charge on any atom is -0.351 e. The van der Waals surface area contributed by atoms with Crippen LogP contribution in [-0.4, -0.2) is 50.6 Å². The zero-order valence-electron chi connectivity index (χ0n) is 13.4. The molecule has 122 valence electrons. The van der Waals surface area contributed by atoms with Crippen LogP contribution in [0.2, 0.25) is 0 Å². The van der Waals surface area contributed by atoms with Crippen LogP contribution in [0.5, 0.6) is 0 Å².